The van der Waals surface area contributed by atoms with Crippen molar-refractivity contribution in [3.8, 4) is 11.5 Å². The highest BCUT2D eigenvalue weighted by Gasteiger charge is 2.18. The number of hydrogen-bond donors (Lipinski definition) is 2. The van der Waals surface area contributed by atoms with Crippen LogP contribution in [0.3, 0.4) is 0 Å². The fourth-order valence-electron chi connectivity index (χ4n) is 2.48. The standard InChI is InChI=1S/C21H25ClN2O4S/c1-5-28-18-9-7-6-8-16(18)24-21(26)14(3)29-12-20(25)23-17-10-13(2)15(22)11-19(17)27-4/h6-11,14H,5,12H2,1-4H3,(H,23,25)(H,24,26). The zero-order valence-electron chi connectivity index (χ0n) is 16.9. The zero-order valence-corrected chi connectivity index (χ0v) is 18.4. The molecular formula is C21H25ClN2O4S. The monoisotopic (exact) mass is 436 g/mol. The number of nitrogens with one attached hydrogen (secondary N) is 2. The number of anilines is 2. The maximum absolute atomic E-state index is 12.5. The number of rotatable bonds is 9. The molecule has 29 heavy (non-hydrogen) atoms. The van der Waals surface area contributed by atoms with Crippen LogP contribution in [-0.2, 0) is 9.59 Å². The van der Waals surface area contributed by atoms with E-state index in [9.17, 15) is 9.59 Å². The minimum atomic E-state index is -0.427. The van der Waals surface area contributed by atoms with Gasteiger partial charge in [0.15, 0.2) is 0 Å². The molecule has 2 amide bonds. The number of aryl methyl sites for hydroxylation is 1. The van der Waals surface area contributed by atoms with Gasteiger partial charge in [0.25, 0.3) is 0 Å². The van der Waals surface area contributed by atoms with E-state index in [0.717, 1.165) is 5.56 Å². The lowest BCUT2D eigenvalue weighted by molar-refractivity contribution is -0.115. The van der Waals surface area contributed by atoms with Crippen molar-refractivity contribution < 1.29 is 19.1 Å². The van der Waals surface area contributed by atoms with Crippen LogP contribution in [0, 0.1) is 6.92 Å². The number of ether oxygens (including phenoxy) is 2. The number of hydrogen-bond acceptors (Lipinski definition) is 5. The van der Waals surface area contributed by atoms with E-state index in [1.54, 1.807) is 31.2 Å². The SMILES string of the molecule is CCOc1ccccc1NC(=O)C(C)SCC(=O)Nc1cc(C)c(Cl)cc1OC. The molecule has 0 saturated heterocycles. The van der Waals surface area contributed by atoms with Crippen LogP contribution in [0.1, 0.15) is 19.4 Å². The summed E-state index contributed by atoms with van der Waals surface area (Å²) in [5.74, 6) is 0.784. The first kappa shape index (κ1) is 22.9. The second-order valence-electron chi connectivity index (χ2n) is 6.22. The van der Waals surface area contributed by atoms with Gasteiger partial charge in [-0.3, -0.25) is 9.59 Å². The van der Waals surface area contributed by atoms with Gasteiger partial charge in [0, 0.05) is 11.1 Å². The fourth-order valence-corrected chi connectivity index (χ4v) is 3.32. The third-order valence-electron chi connectivity index (χ3n) is 4.03. The van der Waals surface area contributed by atoms with Crippen LogP contribution in [-0.4, -0.2) is 36.5 Å². The van der Waals surface area contributed by atoms with Crippen molar-refractivity contribution in [2.45, 2.75) is 26.0 Å². The summed E-state index contributed by atoms with van der Waals surface area (Å²) in [4.78, 5) is 24.8. The molecule has 0 spiro atoms. The van der Waals surface area contributed by atoms with Gasteiger partial charge in [0.05, 0.1) is 36.1 Å². The second kappa shape index (κ2) is 11.0. The number of thioether (sulfide) groups is 1. The molecule has 0 aliphatic rings. The largest absolute Gasteiger partial charge is 0.495 e. The van der Waals surface area contributed by atoms with Crippen LogP contribution >= 0.6 is 23.4 Å². The van der Waals surface area contributed by atoms with E-state index >= 15 is 0 Å². The van der Waals surface area contributed by atoms with Crippen molar-refractivity contribution in [3.63, 3.8) is 0 Å². The molecule has 0 heterocycles. The Kier molecular flexibility index (Phi) is 8.67. The van der Waals surface area contributed by atoms with Gasteiger partial charge in [-0.25, -0.2) is 0 Å². The summed E-state index contributed by atoms with van der Waals surface area (Å²) in [7, 11) is 1.51. The van der Waals surface area contributed by atoms with Crippen molar-refractivity contribution >= 4 is 46.6 Å². The normalized spacial score (nSPS) is 11.5. The van der Waals surface area contributed by atoms with Crippen molar-refractivity contribution in [3.05, 3.63) is 47.0 Å². The third-order valence-corrected chi connectivity index (χ3v) is 5.58. The molecule has 0 aliphatic carbocycles. The minimum Gasteiger partial charge on any atom is -0.495 e. The molecule has 2 N–H and O–H groups in total. The molecule has 8 heteroatoms. The van der Waals surface area contributed by atoms with E-state index < -0.39 is 5.25 Å². The predicted molar refractivity (Wildman–Crippen MR) is 120 cm³/mol. The molecule has 0 radical (unpaired) electrons. The Morgan fingerprint density at radius 1 is 1.14 bits per heavy atom. The van der Waals surface area contributed by atoms with E-state index in [4.69, 9.17) is 21.1 Å². The Morgan fingerprint density at radius 2 is 1.86 bits per heavy atom. The number of benzene rings is 2. The molecule has 1 atom stereocenters. The molecule has 2 rings (SSSR count). The van der Waals surface area contributed by atoms with Gasteiger partial charge in [-0.1, -0.05) is 23.7 Å². The summed E-state index contributed by atoms with van der Waals surface area (Å²) in [6.07, 6.45) is 0. The molecule has 1 unspecified atom stereocenters. The molecule has 0 aromatic heterocycles. The lowest BCUT2D eigenvalue weighted by atomic mass is 10.2. The van der Waals surface area contributed by atoms with Crippen molar-refractivity contribution in [1.82, 2.24) is 0 Å². The molecule has 0 aliphatic heterocycles. The summed E-state index contributed by atoms with van der Waals surface area (Å²) in [6, 6.07) is 10.7. The average molecular weight is 437 g/mol. The van der Waals surface area contributed by atoms with E-state index in [-0.39, 0.29) is 17.6 Å². The summed E-state index contributed by atoms with van der Waals surface area (Å²) >= 11 is 7.33. The van der Waals surface area contributed by atoms with Crippen molar-refractivity contribution in [2.75, 3.05) is 30.1 Å². The van der Waals surface area contributed by atoms with E-state index in [2.05, 4.69) is 10.6 Å². The van der Waals surface area contributed by atoms with E-state index in [1.807, 2.05) is 26.0 Å². The van der Waals surface area contributed by atoms with Gasteiger partial charge in [0.1, 0.15) is 11.5 Å². The first-order valence-corrected chi connectivity index (χ1v) is 10.6. The number of methoxy groups -OCH3 is 1. The smallest absolute Gasteiger partial charge is 0.237 e. The summed E-state index contributed by atoms with van der Waals surface area (Å²) in [5, 5.41) is 5.79. The maximum atomic E-state index is 12.5. The lowest BCUT2D eigenvalue weighted by Crippen LogP contribution is -2.25. The minimum absolute atomic E-state index is 0.118. The second-order valence-corrected chi connectivity index (χ2v) is 7.96. The number of para-hydroxylation sites is 2. The van der Waals surface area contributed by atoms with Crippen LogP contribution in [0.15, 0.2) is 36.4 Å². The maximum Gasteiger partial charge on any atom is 0.237 e. The first-order chi connectivity index (χ1) is 13.8. The molecular weight excluding hydrogens is 412 g/mol. The quantitative estimate of drug-likeness (QED) is 0.593. The van der Waals surface area contributed by atoms with E-state index in [0.29, 0.717) is 34.5 Å². The van der Waals surface area contributed by atoms with Crippen molar-refractivity contribution in [1.29, 1.82) is 0 Å². The van der Waals surface area contributed by atoms with Crippen LogP contribution in [0.4, 0.5) is 11.4 Å². The van der Waals surface area contributed by atoms with Gasteiger partial charge in [-0.05, 0) is 44.5 Å². The Labute approximate surface area is 180 Å². The van der Waals surface area contributed by atoms with Crippen LogP contribution in [0.25, 0.3) is 0 Å². The predicted octanol–water partition coefficient (Wildman–Crippen LogP) is 4.75. The molecule has 156 valence electrons. The highest BCUT2D eigenvalue weighted by atomic mass is 35.5. The Balaban J connectivity index is 1.92. The molecule has 2 aromatic rings. The summed E-state index contributed by atoms with van der Waals surface area (Å²) in [5.41, 5.74) is 1.98. The van der Waals surface area contributed by atoms with Crippen LogP contribution < -0.4 is 20.1 Å². The Morgan fingerprint density at radius 3 is 2.55 bits per heavy atom. The molecule has 6 nitrogen and oxygen atoms in total. The van der Waals surface area contributed by atoms with Crippen molar-refractivity contribution in [2.24, 2.45) is 0 Å². The summed E-state index contributed by atoms with van der Waals surface area (Å²) in [6.45, 7) is 5.99. The number of carbonyl (C=O) groups is 2. The number of halogens is 1. The average Bonchev–Trinajstić information content (AvgIpc) is 2.70. The highest BCUT2D eigenvalue weighted by Crippen LogP contribution is 2.31. The van der Waals surface area contributed by atoms with E-state index in [1.165, 1.54) is 18.9 Å². The molecule has 0 bridgehead atoms. The highest BCUT2D eigenvalue weighted by molar-refractivity contribution is 8.01. The lowest BCUT2D eigenvalue weighted by Gasteiger charge is -2.15. The van der Waals surface area contributed by atoms with Gasteiger partial charge in [-0.15, -0.1) is 11.8 Å². The van der Waals surface area contributed by atoms with Gasteiger partial charge in [0.2, 0.25) is 11.8 Å². The molecule has 2 aromatic carbocycles. The molecule has 0 saturated carbocycles. The zero-order chi connectivity index (χ0) is 21.4. The fraction of sp³-hybridized carbons (Fsp3) is 0.333. The van der Waals surface area contributed by atoms with Gasteiger partial charge in [-0.2, -0.15) is 0 Å². The number of carbonyl (C=O) groups excluding carboxylic acids is 2. The molecule has 0 fully saturated rings. The summed E-state index contributed by atoms with van der Waals surface area (Å²) < 4.78 is 10.8. The van der Waals surface area contributed by atoms with Gasteiger partial charge < -0.3 is 20.1 Å². The van der Waals surface area contributed by atoms with Gasteiger partial charge >= 0.3 is 0 Å². The van der Waals surface area contributed by atoms with Crippen LogP contribution in [0.5, 0.6) is 11.5 Å². The third kappa shape index (κ3) is 6.58. The Hall–Kier alpha value is -2.38. The first-order valence-electron chi connectivity index (χ1n) is 9.14. The Bertz CT molecular complexity index is 876. The number of amides is 2. The topological polar surface area (TPSA) is 76.7 Å². The van der Waals surface area contributed by atoms with Crippen LogP contribution in [0.2, 0.25) is 5.02 Å².